The molecule has 0 radical (unpaired) electrons. The Hall–Kier alpha value is -2.99. The average molecular weight is 398 g/mol. The van der Waals surface area contributed by atoms with E-state index < -0.39 is 11.6 Å². The second-order valence-electron chi connectivity index (χ2n) is 7.07. The molecular formula is C23H24F2N2O2. The Morgan fingerprint density at radius 1 is 1.03 bits per heavy atom. The first kappa shape index (κ1) is 20.7. The zero-order chi connectivity index (χ0) is 21.0. The molecule has 3 aromatic carbocycles. The van der Waals surface area contributed by atoms with Crippen molar-refractivity contribution in [3.05, 3.63) is 77.4 Å². The van der Waals surface area contributed by atoms with Gasteiger partial charge in [-0.3, -0.25) is 4.79 Å². The number of hydrogen-bond acceptors (Lipinski definition) is 3. The van der Waals surface area contributed by atoms with Gasteiger partial charge in [-0.05, 0) is 59.2 Å². The molecule has 0 aliphatic rings. The molecule has 0 fully saturated rings. The van der Waals surface area contributed by atoms with Gasteiger partial charge < -0.3 is 15.0 Å². The summed E-state index contributed by atoms with van der Waals surface area (Å²) >= 11 is 0. The third-order valence-corrected chi connectivity index (χ3v) is 4.96. The SMILES string of the molecule is COc1ccc2cc(CN(C)C(=O)CN[C@@H](C)c3ccc(F)c(F)c3)ccc2c1. The van der Waals surface area contributed by atoms with E-state index in [1.807, 2.05) is 30.3 Å². The van der Waals surface area contributed by atoms with Crippen molar-refractivity contribution in [2.45, 2.75) is 19.5 Å². The lowest BCUT2D eigenvalue weighted by molar-refractivity contribution is -0.129. The van der Waals surface area contributed by atoms with Gasteiger partial charge in [0.15, 0.2) is 11.6 Å². The van der Waals surface area contributed by atoms with Gasteiger partial charge in [0.2, 0.25) is 5.91 Å². The molecule has 3 rings (SSSR count). The molecule has 1 N–H and O–H groups in total. The van der Waals surface area contributed by atoms with Gasteiger partial charge in [-0.2, -0.15) is 0 Å². The van der Waals surface area contributed by atoms with E-state index in [0.717, 1.165) is 34.2 Å². The summed E-state index contributed by atoms with van der Waals surface area (Å²) < 4.78 is 31.7. The zero-order valence-electron chi connectivity index (χ0n) is 16.7. The molecule has 4 nitrogen and oxygen atoms in total. The lowest BCUT2D eigenvalue weighted by atomic mass is 10.1. The van der Waals surface area contributed by atoms with Crippen LogP contribution in [0.15, 0.2) is 54.6 Å². The topological polar surface area (TPSA) is 41.6 Å². The summed E-state index contributed by atoms with van der Waals surface area (Å²) in [7, 11) is 3.38. The number of nitrogens with zero attached hydrogens (tertiary/aromatic N) is 1. The fourth-order valence-electron chi connectivity index (χ4n) is 3.14. The van der Waals surface area contributed by atoms with E-state index >= 15 is 0 Å². The number of ether oxygens (including phenoxy) is 1. The van der Waals surface area contributed by atoms with E-state index in [4.69, 9.17) is 4.74 Å². The standard InChI is InChI=1S/C23H24F2N2O2/c1-15(17-7-9-21(24)22(25)12-17)26-13-23(28)27(2)14-16-4-5-19-11-20(29-3)8-6-18(19)10-16/h4-12,15,26H,13-14H2,1-3H3/t15-/m0/s1. The van der Waals surface area contributed by atoms with Gasteiger partial charge in [0.05, 0.1) is 13.7 Å². The summed E-state index contributed by atoms with van der Waals surface area (Å²) in [6.07, 6.45) is 0. The Morgan fingerprint density at radius 3 is 2.48 bits per heavy atom. The third kappa shape index (κ3) is 5.09. The summed E-state index contributed by atoms with van der Waals surface area (Å²) in [5, 5.41) is 5.21. The van der Waals surface area contributed by atoms with Crippen LogP contribution in [0.3, 0.4) is 0 Å². The van der Waals surface area contributed by atoms with Crippen molar-refractivity contribution in [1.29, 1.82) is 0 Å². The van der Waals surface area contributed by atoms with Crippen LogP contribution in [-0.2, 0) is 11.3 Å². The molecular weight excluding hydrogens is 374 g/mol. The lowest BCUT2D eigenvalue weighted by Crippen LogP contribution is -2.36. The summed E-state index contributed by atoms with van der Waals surface area (Å²) in [5.41, 5.74) is 1.61. The first-order valence-electron chi connectivity index (χ1n) is 9.36. The van der Waals surface area contributed by atoms with Gasteiger partial charge >= 0.3 is 0 Å². The molecule has 29 heavy (non-hydrogen) atoms. The van der Waals surface area contributed by atoms with Gasteiger partial charge in [-0.1, -0.05) is 24.3 Å². The smallest absolute Gasteiger partial charge is 0.236 e. The fraction of sp³-hybridized carbons (Fsp3) is 0.261. The van der Waals surface area contributed by atoms with E-state index in [2.05, 4.69) is 11.4 Å². The summed E-state index contributed by atoms with van der Waals surface area (Å²) in [6.45, 7) is 2.38. The summed E-state index contributed by atoms with van der Waals surface area (Å²) in [6, 6.07) is 15.4. The number of fused-ring (bicyclic) bond motifs is 1. The molecule has 1 amide bonds. The highest BCUT2D eigenvalue weighted by Gasteiger charge is 2.13. The van der Waals surface area contributed by atoms with Crippen molar-refractivity contribution in [2.75, 3.05) is 20.7 Å². The monoisotopic (exact) mass is 398 g/mol. The maximum atomic E-state index is 13.4. The highest BCUT2D eigenvalue weighted by molar-refractivity contribution is 5.84. The molecule has 0 aromatic heterocycles. The normalized spacial score (nSPS) is 12.0. The molecule has 0 bridgehead atoms. The van der Waals surface area contributed by atoms with Crippen molar-refractivity contribution >= 4 is 16.7 Å². The van der Waals surface area contributed by atoms with Gasteiger partial charge in [0.25, 0.3) is 0 Å². The first-order valence-corrected chi connectivity index (χ1v) is 9.36. The molecule has 0 saturated heterocycles. The minimum absolute atomic E-state index is 0.0886. The predicted molar refractivity (Wildman–Crippen MR) is 110 cm³/mol. The molecule has 152 valence electrons. The molecule has 0 spiro atoms. The first-order chi connectivity index (χ1) is 13.9. The van der Waals surface area contributed by atoms with Crippen LogP contribution in [0, 0.1) is 11.6 Å². The molecule has 0 unspecified atom stereocenters. The molecule has 0 aliphatic heterocycles. The van der Waals surface area contributed by atoms with Crippen LogP contribution in [0.25, 0.3) is 10.8 Å². The minimum Gasteiger partial charge on any atom is -0.497 e. The van der Waals surface area contributed by atoms with Gasteiger partial charge in [-0.25, -0.2) is 8.78 Å². The number of rotatable bonds is 7. The average Bonchev–Trinajstić information content (AvgIpc) is 2.73. The molecule has 0 heterocycles. The maximum Gasteiger partial charge on any atom is 0.236 e. The van der Waals surface area contributed by atoms with Crippen molar-refractivity contribution in [2.24, 2.45) is 0 Å². The highest BCUT2D eigenvalue weighted by atomic mass is 19.2. The van der Waals surface area contributed by atoms with Gasteiger partial charge in [0.1, 0.15) is 5.75 Å². The molecule has 6 heteroatoms. The lowest BCUT2D eigenvalue weighted by Gasteiger charge is -2.20. The number of methoxy groups -OCH3 is 1. The minimum atomic E-state index is -0.895. The van der Waals surface area contributed by atoms with Crippen LogP contribution < -0.4 is 10.1 Å². The Morgan fingerprint density at radius 2 is 1.76 bits per heavy atom. The number of carbonyl (C=O) groups excluding carboxylic acids is 1. The summed E-state index contributed by atoms with van der Waals surface area (Å²) in [4.78, 5) is 14.1. The molecule has 0 saturated carbocycles. The number of benzene rings is 3. The zero-order valence-corrected chi connectivity index (χ0v) is 16.7. The number of amides is 1. The van der Waals surface area contributed by atoms with Gasteiger partial charge in [-0.15, -0.1) is 0 Å². The molecule has 1 atom stereocenters. The van der Waals surface area contributed by atoms with Crippen LogP contribution in [0.4, 0.5) is 8.78 Å². The van der Waals surface area contributed by atoms with E-state index in [1.165, 1.54) is 6.07 Å². The second kappa shape index (κ2) is 9.01. The highest BCUT2D eigenvalue weighted by Crippen LogP contribution is 2.22. The summed E-state index contributed by atoms with van der Waals surface area (Å²) in [5.74, 6) is -1.06. The van der Waals surface area contributed by atoms with Gasteiger partial charge in [0, 0.05) is 19.6 Å². The quantitative estimate of drug-likeness (QED) is 0.640. The van der Waals surface area contributed by atoms with E-state index in [9.17, 15) is 13.6 Å². The number of halogens is 2. The van der Waals surface area contributed by atoms with Crippen LogP contribution in [0.5, 0.6) is 5.75 Å². The van der Waals surface area contributed by atoms with Crippen LogP contribution >= 0.6 is 0 Å². The number of hydrogen-bond donors (Lipinski definition) is 1. The predicted octanol–water partition coefficient (Wildman–Crippen LogP) is 4.44. The second-order valence-corrected chi connectivity index (χ2v) is 7.07. The van der Waals surface area contributed by atoms with Crippen LogP contribution in [0.1, 0.15) is 24.1 Å². The Kier molecular flexibility index (Phi) is 6.44. The van der Waals surface area contributed by atoms with E-state index in [1.54, 1.807) is 26.0 Å². The largest absolute Gasteiger partial charge is 0.497 e. The van der Waals surface area contributed by atoms with Crippen molar-refractivity contribution in [3.63, 3.8) is 0 Å². The van der Waals surface area contributed by atoms with E-state index in [-0.39, 0.29) is 18.5 Å². The maximum absolute atomic E-state index is 13.4. The number of nitrogens with one attached hydrogen (secondary N) is 1. The van der Waals surface area contributed by atoms with Crippen LogP contribution in [0.2, 0.25) is 0 Å². The Balaban J connectivity index is 1.58. The molecule has 3 aromatic rings. The fourth-order valence-corrected chi connectivity index (χ4v) is 3.14. The number of likely N-dealkylation sites (N-methyl/N-ethyl adjacent to an activating group) is 1. The van der Waals surface area contributed by atoms with Crippen molar-refractivity contribution in [1.82, 2.24) is 10.2 Å². The Bertz CT molecular complexity index is 1020. The Labute approximate surface area is 169 Å². The molecule has 0 aliphatic carbocycles. The number of carbonyl (C=O) groups is 1. The third-order valence-electron chi connectivity index (χ3n) is 4.96. The van der Waals surface area contributed by atoms with Crippen molar-refractivity contribution in [3.8, 4) is 5.75 Å². The van der Waals surface area contributed by atoms with Crippen LogP contribution in [-0.4, -0.2) is 31.5 Å². The van der Waals surface area contributed by atoms with Crippen molar-refractivity contribution < 1.29 is 18.3 Å². The van der Waals surface area contributed by atoms with E-state index in [0.29, 0.717) is 12.1 Å².